The molecule has 0 saturated carbocycles. The van der Waals surface area contributed by atoms with Gasteiger partial charge in [0.1, 0.15) is 17.6 Å². The Balaban J connectivity index is 1.87. The van der Waals surface area contributed by atoms with Gasteiger partial charge in [0.25, 0.3) is 11.7 Å². The van der Waals surface area contributed by atoms with Crippen molar-refractivity contribution in [2.24, 2.45) is 0 Å². The van der Waals surface area contributed by atoms with Gasteiger partial charge in [-0.25, -0.2) is 0 Å². The summed E-state index contributed by atoms with van der Waals surface area (Å²) in [4.78, 5) is 43.4. The van der Waals surface area contributed by atoms with E-state index >= 15 is 0 Å². The fraction of sp³-hybridized carbons (Fsp3) is 0.154. The van der Waals surface area contributed by atoms with E-state index in [4.69, 9.17) is 4.74 Å². The van der Waals surface area contributed by atoms with Crippen LogP contribution in [-0.4, -0.2) is 34.8 Å². The number of anilines is 2. The van der Waals surface area contributed by atoms with Crippen LogP contribution in [0.25, 0.3) is 5.76 Å². The summed E-state index contributed by atoms with van der Waals surface area (Å²) in [5.74, 6) is -1.50. The number of carbonyl (C=O) groups is 3. The normalized spacial score (nSPS) is 17.0. The van der Waals surface area contributed by atoms with Crippen LogP contribution in [0.1, 0.15) is 29.8 Å². The molecule has 1 saturated heterocycles. The van der Waals surface area contributed by atoms with Gasteiger partial charge in [0.15, 0.2) is 0 Å². The highest BCUT2D eigenvalue weighted by Crippen LogP contribution is 2.42. The number of hydrogen-bond donors (Lipinski definition) is 2. The topological polar surface area (TPSA) is 109 Å². The van der Waals surface area contributed by atoms with Gasteiger partial charge in [-0.05, 0) is 67.1 Å². The number of aromatic nitrogens is 1. The van der Waals surface area contributed by atoms with Gasteiger partial charge in [-0.2, -0.15) is 0 Å². The number of amides is 2. The molecular formula is C26H23N3O5. The van der Waals surface area contributed by atoms with Crippen molar-refractivity contribution in [2.45, 2.75) is 19.9 Å². The molecule has 1 aliphatic rings. The first-order chi connectivity index (χ1) is 16.3. The molecule has 1 unspecified atom stereocenters. The lowest BCUT2D eigenvalue weighted by molar-refractivity contribution is -0.132. The maximum Gasteiger partial charge on any atom is 0.300 e. The monoisotopic (exact) mass is 457 g/mol. The smallest absolute Gasteiger partial charge is 0.300 e. The van der Waals surface area contributed by atoms with E-state index in [0.717, 1.165) is 0 Å². The average Bonchev–Trinajstić information content (AvgIpc) is 3.09. The molecule has 0 bridgehead atoms. The summed E-state index contributed by atoms with van der Waals surface area (Å²) in [5, 5.41) is 13.9. The minimum absolute atomic E-state index is 0.0529. The number of aliphatic hydroxyl groups is 1. The highest BCUT2D eigenvalue weighted by atomic mass is 16.5. The Morgan fingerprint density at radius 2 is 1.82 bits per heavy atom. The van der Waals surface area contributed by atoms with E-state index in [0.29, 0.717) is 33.9 Å². The van der Waals surface area contributed by atoms with Crippen LogP contribution in [-0.2, 0) is 14.4 Å². The third-order valence-electron chi connectivity index (χ3n) is 5.57. The van der Waals surface area contributed by atoms with E-state index < -0.39 is 17.7 Å². The zero-order valence-electron chi connectivity index (χ0n) is 18.9. The molecule has 2 heterocycles. The lowest BCUT2D eigenvalue weighted by Crippen LogP contribution is -2.29. The molecule has 172 valence electrons. The lowest BCUT2D eigenvalue weighted by Gasteiger charge is -2.25. The molecular weight excluding hydrogens is 434 g/mol. The van der Waals surface area contributed by atoms with Crippen LogP contribution in [0.15, 0.2) is 72.4 Å². The number of benzene rings is 2. The highest BCUT2D eigenvalue weighted by Gasteiger charge is 2.47. The van der Waals surface area contributed by atoms with Crippen molar-refractivity contribution in [3.63, 3.8) is 0 Å². The van der Waals surface area contributed by atoms with Crippen LogP contribution < -0.4 is 15.0 Å². The van der Waals surface area contributed by atoms with E-state index in [2.05, 4.69) is 10.3 Å². The summed E-state index contributed by atoms with van der Waals surface area (Å²) in [6.45, 7) is 3.18. The Labute approximate surface area is 196 Å². The number of nitrogens with zero attached hydrogens (tertiary/aromatic N) is 2. The van der Waals surface area contributed by atoms with Crippen LogP contribution in [0.3, 0.4) is 0 Å². The molecule has 0 aliphatic carbocycles. The molecule has 1 fully saturated rings. The zero-order chi connectivity index (χ0) is 24.4. The number of methoxy groups -OCH3 is 1. The van der Waals surface area contributed by atoms with Gasteiger partial charge in [-0.15, -0.1) is 0 Å². The maximum atomic E-state index is 13.2. The molecule has 1 aromatic heterocycles. The predicted octanol–water partition coefficient (Wildman–Crippen LogP) is 3.98. The van der Waals surface area contributed by atoms with E-state index in [1.165, 1.54) is 18.9 Å². The van der Waals surface area contributed by atoms with Crippen LogP contribution in [0.4, 0.5) is 11.4 Å². The number of nitrogens with one attached hydrogen (secondary N) is 1. The fourth-order valence-electron chi connectivity index (χ4n) is 4.00. The number of rotatable bonds is 5. The van der Waals surface area contributed by atoms with Gasteiger partial charge < -0.3 is 15.2 Å². The number of ether oxygens (including phenoxy) is 1. The molecule has 0 spiro atoms. The number of aryl methyl sites for hydroxylation is 1. The number of pyridine rings is 1. The minimum atomic E-state index is -0.936. The summed E-state index contributed by atoms with van der Waals surface area (Å²) in [6, 6.07) is 15.8. The van der Waals surface area contributed by atoms with Gasteiger partial charge in [0.2, 0.25) is 5.91 Å². The third-order valence-corrected chi connectivity index (χ3v) is 5.57. The molecule has 2 amide bonds. The fourth-order valence-corrected chi connectivity index (χ4v) is 4.00. The molecule has 34 heavy (non-hydrogen) atoms. The number of ketones is 1. The Morgan fingerprint density at radius 1 is 1.09 bits per heavy atom. The van der Waals surface area contributed by atoms with Crippen molar-refractivity contribution in [3.05, 3.63) is 89.3 Å². The quantitative estimate of drug-likeness (QED) is 0.341. The van der Waals surface area contributed by atoms with Crippen LogP contribution in [0.2, 0.25) is 0 Å². The first kappa shape index (κ1) is 22.7. The second-order valence-electron chi connectivity index (χ2n) is 7.83. The van der Waals surface area contributed by atoms with Crippen molar-refractivity contribution in [1.82, 2.24) is 4.98 Å². The van der Waals surface area contributed by atoms with Crippen LogP contribution >= 0.6 is 0 Å². The molecule has 2 aromatic carbocycles. The second-order valence-corrected chi connectivity index (χ2v) is 7.83. The Hall–Kier alpha value is -4.46. The van der Waals surface area contributed by atoms with E-state index in [-0.39, 0.29) is 17.2 Å². The molecule has 4 rings (SSSR count). The number of aliphatic hydroxyl groups excluding tert-OH is 1. The average molecular weight is 457 g/mol. The third kappa shape index (κ3) is 4.13. The van der Waals surface area contributed by atoms with Crippen molar-refractivity contribution in [2.75, 3.05) is 17.3 Å². The Bertz CT molecular complexity index is 1300. The van der Waals surface area contributed by atoms with Crippen molar-refractivity contribution in [1.29, 1.82) is 0 Å². The number of Topliss-reactive ketones (excluding diaryl/α,β-unsaturated/α-hetero) is 1. The van der Waals surface area contributed by atoms with E-state index in [1.54, 1.807) is 73.8 Å². The lowest BCUT2D eigenvalue weighted by atomic mass is 9.96. The second kappa shape index (κ2) is 9.19. The minimum Gasteiger partial charge on any atom is -0.507 e. The predicted molar refractivity (Wildman–Crippen MR) is 127 cm³/mol. The molecule has 8 heteroatoms. The first-order valence-corrected chi connectivity index (χ1v) is 10.6. The number of carbonyl (C=O) groups excluding carboxylic acids is 3. The summed E-state index contributed by atoms with van der Waals surface area (Å²) in [6.07, 6.45) is 1.56. The summed E-state index contributed by atoms with van der Waals surface area (Å²) >= 11 is 0. The molecule has 3 aromatic rings. The Morgan fingerprint density at radius 3 is 2.41 bits per heavy atom. The standard InChI is InChI=1S/C26H23N3O5/c1-15-14-19(34-3)11-12-20(15)24(31)22-23(21-6-4-5-13-27-21)29(26(33)25(22)32)18-9-7-17(8-10-18)28-16(2)30/h4-14,23,31H,1-3H3,(H,28,30)/b24-22-. The molecule has 8 nitrogen and oxygen atoms in total. The van der Waals surface area contributed by atoms with Gasteiger partial charge >= 0.3 is 0 Å². The molecule has 1 atom stereocenters. The first-order valence-electron chi connectivity index (χ1n) is 10.6. The summed E-state index contributed by atoms with van der Waals surface area (Å²) in [7, 11) is 1.54. The highest BCUT2D eigenvalue weighted by molar-refractivity contribution is 6.51. The summed E-state index contributed by atoms with van der Waals surface area (Å²) < 4.78 is 5.23. The van der Waals surface area contributed by atoms with E-state index in [9.17, 15) is 19.5 Å². The van der Waals surface area contributed by atoms with Crippen molar-refractivity contribution in [3.8, 4) is 5.75 Å². The Kier molecular flexibility index (Phi) is 6.14. The summed E-state index contributed by atoms with van der Waals surface area (Å²) in [5.41, 5.74) is 2.46. The molecule has 0 radical (unpaired) electrons. The van der Waals surface area contributed by atoms with Crippen molar-refractivity contribution < 1.29 is 24.2 Å². The van der Waals surface area contributed by atoms with Gasteiger partial charge in [-0.3, -0.25) is 24.3 Å². The van der Waals surface area contributed by atoms with Crippen LogP contribution in [0, 0.1) is 6.92 Å². The van der Waals surface area contributed by atoms with E-state index in [1.807, 2.05) is 0 Å². The zero-order valence-corrected chi connectivity index (χ0v) is 18.9. The number of hydrogen-bond acceptors (Lipinski definition) is 6. The molecule has 1 aliphatic heterocycles. The van der Waals surface area contributed by atoms with Gasteiger partial charge in [0, 0.05) is 30.1 Å². The van der Waals surface area contributed by atoms with Gasteiger partial charge in [-0.1, -0.05) is 6.07 Å². The van der Waals surface area contributed by atoms with Crippen molar-refractivity contribution >= 4 is 34.7 Å². The largest absolute Gasteiger partial charge is 0.507 e. The van der Waals surface area contributed by atoms with Crippen LogP contribution in [0.5, 0.6) is 5.75 Å². The maximum absolute atomic E-state index is 13.2. The SMILES string of the molecule is COc1ccc(/C(O)=C2/C(=O)C(=O)N(c3ccc(NC(C)=O)cc3)C2c2ccccn2)c(C)c1. The molecule has 2 N–H and O–H groups in total. The van der Waals surface area contributed by atoms with Gasteiger partial charge in [0.05, 0.1) is 18.4 Å².